The van der Waals surface area contributed by atoms with Gasteiger partial charge in [0.15, 0.2) is 11.6 Å². The molecule has 30 heavy (non-hydrogen) atoms. The molecule has 1 spiro atoms. The Morgan fingerprint density at radius 2 is 1.30 bits per heavy atom. The minimum atomic E-state index is -1.12. The fraction of sp³-hybridized carbons (Fsp3) is 0.192. The summed E-state index contributed by atoms with van der Waals surface area (Å²) in [6, 6.07) is 23.8. The van der Waals surface area contributed by atoms with E-state index in [0.29, 0.717) is 11.1 Å². The summed E-state index contributed by atoms with van der Waals surface area (Å²) in [5.74, 6) is -1.88. The average molecular weight is 395 g/mol. The van der Waals surface area contributed by atoms with Crippen LogP contribution >= 0.6 is 0 Å². The molecule has 0 bridgehead atoms. The van der Waals surface area contributed by atoms with Gasteiger partial charge in [0.05, 0.1) is 17.3 Å². The van der Waals surface area contributed by atoms with E-state index in [2.05, 4.69) is 0 Å². The van der Waals surface area contributed by atoms with Gasteiger partial charge in [-0.2, -0.15) is 0 Å². The number of amides is 1. The molecule has 1 aliphatic heterocycles. The van der Waals surface area contributed by atoms with Crippen LogP contribution in [0.25, 0.3) is 0 Å². The Morgan fingerprint density at radius 1 is 0.767 bits per heavy atom. The second kappa shape index (κ2) is 6.49. The lowest BCUT2D eigenvalue weighted by Crippen LogP contribution is -2.32. The summed E-state index contributed by atoms with van der Waals surface area (Å²) < 4.78 is 0. The first-order valence-corrected chi connectivity index (χ1v) is 10.1. The Balaban J connectivity index is 1.66. The Labute approximate surface area is 175 Å². The second-order valence-electron chi connectivity index (χ2n) is 8.17. The van der Waals surface area contributed by atoms with Crippen molar-refractivity contribution >= 4 is 23.2 Å². The number of carbonyl (C=O) groups excluding carboxylic acids is 3. The van der Waals surface area contributed by atoms with Crippen LogP contribution < -0.4 is 4.90 Å². The maximum Gasteiger partial charge on any atom is 0.239 e. The van der Waals surface area contributed by atoms with Crippen molar-refractivity contribution in [2.24, 2.45) is 11.8 Å². The van der Waals surface area contributed by atoms with E-state index >= 15 is 0 Å². The molecule has 4 heteroatoms. The number of likely N-dealkylation sites (N-methyl/N-ethyl adjacent to an activating group) is 1. The van der Waals surface area contributed by atoms with E-state index in [4.69, 9.17) is 0 Å². The zero-order chi connectivity index (χ0) is 21.0. The zero-order valence-corrected chi connectivity index (χ0v) is 16.8. The number of Topliss-reactive ketones (excluding diaryl/α,β-unsaturated/α-hetero) is 2. The SMILES string of the molecule is Cc1ccc(C(=O)[C@H]2[C@H](C(=O)c3ccccc3)[C@]23C(=O)N(C)c2ccccc23)cc1. The number of rotatable bonds is 4. The Bertz CT molecular complexity index is 1180. The van der Waals surface area contributed by atoms with Crippen molar-refractivity contribution in [1.82, 2.24) is 0 Å². The van der Waals surface area contributed by atoms with Crippen molar-refractivity contribution in [3.63, 3.8) is 0 Å². The van der Waals surface area contributed by atoms with Crippen LogP contribution in [0.5, 0.6) is 0 Å². The molecule has 5 rings (SSSR count). The van der Waals surface area contributed by atoms with Gasteiger partial charge in [0.2, 0.25) is 5.91 Å². The van der Waals surface area contributed by atoms with Crippen LogP contribution in [-0.4, -0.2) is 24.5 Å². The first-order valence-electron chi connectivity index (χ1n) is 10.1. The molecule has 0 saturated heterocycles. The zero-order valence-electron chi connectivity index (χ0n) is 16.8. The number of para-hydroxylation sites is 1. The first kappa shape index (κ1) is 18.5. The molecule has 1 saturated carbocycles. The molecule has 1 fully saturated rings. The largest absolute Gasteiger partial charge is 0.314 e. The Hall–Kier alpha value is -3.53. The highest BCUT2D eigenvalue weighted by Crippen LogP contribution is 2.67. The third kappa shape index (κ3) is 2.37. The average Bonchev–Trinajstić information content (AvgIpc) is 3.43. The lowest BCUT2D eigenvalue weighted by molar-refractivity contribution is -0.120. The van der Waals surface area contributed by atoms with E-state index in [-0.39, 0.29) is 17.5 Å². The fourth-order valence-corrected chi connectivity index (χ4v) is 5.00. The van der Waals surface area contributed by atoms with Crippen molar-refractivity contribution in [3.05, 3.63) is 101 Å². The maximum atomic E-state index is 13.6. The third-order valence-corrected chi connectivity index (χ3v) is 6.53. The molecule has 2 aliphatic rings. The summed E-state index contributed by atoms with van der Waals surface area (Å²) in [5.41, 5.74) is 2.54. The highest BCUT2D eigenvalue weighted by Gasteiger charge is 2.78. The lowest BCUT2D eigenvalue weighted by Gasteiger charge is -2.11. The highest BCUT2D eigenvalue weighted by molar-refractivity contribution is 6.23. The minimum Gasteiger partial charge on any atom is -0.314 e. The Kier molecular flexibility index (Phi) is 4.00. The maximum absolute atomic E-state index is 13.6. The van der Waals surface area contributed by atoms with Gasteiger partial charge in [0, 0.05) is 23.9 Å². The van der Waals surface area contributed by atoms with E-state index in [1.165, 1.54) is 0 Å². The van der Waals surface area contributed by atoms with Crippen molar-refractivity contribution in [1.29, 1.82) is 0 Å². The van der Waals surface area contributed by atoms with Gasteiger partial charge in [-0.15, -0.1) is 0 Å². The molecule has 148 valence electrons. The van der Waals surface area contributed by atoms with Crippen LogP contribution in [0.3, 0.4) is 0 Å². The van der Waals surface area contributed by atoms with Crippen LogP contribution in [0, 0.1) is 18.8 Å². The normalized spacial score (nSPS) is 24.1. The number of aryl methyl sites for hydroxylation is 1. The van der Waals surface area contributed by atoms with Crippen molar-refractivity contribution in [2.45, 2.75) is 12.3 Å². The summed E-state index contributed by atoms with van der Waals surface area (Å²) in [6.07, 6.45) is 0. The highest BCUT2D eigenvalue weighted by atomic mass is 16.2. The van der Waals surface area contributed by atoms with E-state index in [1.807, 2.05) is 49.4 Å². The van der Waals surface area contributed by atoms with Crippen LogP contribution in [0.1, 0.15) is 31.8 Å². The van der Waals surface area contributed by atoms with Gasteiger partial charge in [-0.3, -0.25) is 14.4 Å². The second-order valence-corrected chi connectivity index (χ2v) is 8.17. The number of ketones is 2. The van der Waals surface area contributed by atoms with Gasteiger partial charge >= 0.3 is 0 Å². The molecule has 3 atom stereocenters. The molecule has 0 unspecified atom stereocenters. The van der Waals surface area contributed by atoms with Gasteiger partial charge < -0.3 is 4.90 Å². The van der Waals surface area contributed by atoms with Gasteiger partial charge in [-0.25, -0.2) is 0 Å². The van der Waals surface area contributed by atoms with E-state index in [9.17, 15) is 14.4 Å². The molecule has 0 aromatic heterocycles. The standard InChI is InChI=1S/C26H21NO3/c1-16-12-14-18(15-13-16)24(29)22-21(23(28)17-8-4-3-5-9-17)26(22)19-10-6-7-11-20(19)27(2)25(26)30/h3-15,21-22H,1-2H3/t21-,22-,26+/m1/s1. The molecule has 1 aliphatic carbocycles. The molecule has 3 aromatic rings. The van der Waals surface area contributed by atoms with Crippen molar-refractivity contribution in [2.75, 3.05) is 11.9 Å². The fourth-order valence-electron chi connectivity index (χ4n) is 5.00. The lowest BCUT2D eigenvalue weighted by atomic mass is 9.90. The predicted molar refractivity (Wildman–Crippen MR) is 115 cm³/mol. The molecule has 1 amide bonds. The van der Waals surface area contributed by atoms with Gasteiger partial charge in [-0.05, 0) is 18.6 Å². The van der Waals surface area contributed by atoms with Gasteiger partial charge in [-0.1, -0.05) is 78.4 Å². The molecule has 0 N–H and O–H groups in total. The molecule has 0 radical (unpaired) electrons. The van der Waals surface area contributed by atoms with Crippen LogP contribution in [0.4, 0.5) is 5.69 Å². The molecular formula is C26H21NO3. The topological polar surface area (TPSA) is 54.5 Å². The third-order valence-electron chi connectivity index (χ3n) is 6.53. The molecule has 1 heterocycles. The minimum absolute atomic E-state index is 0.150. The van der Waals surface area contributed by atoms with Crippen LogP contribution in [-0.2, 0) is 10.2 Å². The number of anilines is 1. The number of hydrogen-bond donors (Lipinski definition) is 0. The quantitative estimate of drug-likeness (QED) is 0.622. The van der Waals surface area contributed by atoms with Crippen LogP contribution in [0.15, 0.2) is 78.9 Å². The van der Waals surface area contributed by atoms with Gasteiger partial charge in [0.25, 0.3) is 0 Å². The van der Waals surface area contributed by atoms with Crippen LogP contribution in [0.2, 0.25) is 0 Å². The summed E-state index contributed by atoms with van der Waals surface area (Å²) in [5, 5.41) is 0. The first-order chi connectivity index (χ1) is 14.5. The van der Waals surface area contributed by atoms with E-state index < -0.39 is 17.3 Å². The van der Waals surface area contributed by atoms with Crippen molar-refractivity contribution < 1.29 is 14.4 Å². The number of nitrogens with zero attached hydrogens (tertiary/aromatic N) is 1. The van der Waals surface area contributed by atoms with E-state index in [1.54, 1.807) is 48.3 Å². The Morgan fingerprint density at radius 3 is 1.93 bits per heavy atom. The molecular weight excluding hydrogens is 374 g/mol. The van der Waals surface area contributed by atoms with Crippen molar-refractivity contribution in [3.8, 4) is 0 Å². The molecule has 3 aromatic carbocycles. The number of carbonyl (C=O) groups is 3. The van der Waals surface area contributed by atoms with E-state index in [0.717, 1.165) is 16.8 Å². The summed E-state index contributed by atoms with van der Waals surface area (Å²) >= 11 is 0. The summed E-state index contributed by atoms with van der Waals surface area (Å²) in [6.45, 7) is 1.96. The monoisotopic (exact) mass is 395 g/mol. The number of fused-ring (bicyclic) bond motifs is 2. The predicted octanol–water partition coefficient (Wildman–Crippen LogP) is 4.22. The van der Waals surface area contributed by atoms with Gasteiger partial charge in [0.1, 0.15) is 0 Å². The number of benzene rings is 3. The summed E-state index contributed by atoms with van der Waals surface area (Å²) in [7, 11) is 1.71. The smallest absolute Gasteiger partial charge is 0.239 e. The summed E-state index contributed by atoms with van der Waals surface area (Å²) in [4.78, 5) is 42.2. The number of hydrogen-bond acceptors (Lipinski definition) is 3. The molecule has 4 nitrogen and oxygen atoms in total.